The Morgan fingerprint density at radius 1 is 1.11 bits per heavy atom. The summed E-state index contributed by atoms with van der Waals surface area (Å²) in [6.45, 7) is 13.7. The number of hydrogen-bond donors (Lipinski definition) is 1. The molecule has 7 rings (SSSR count). The minimum Gasteiger partial charge on any atom is -0.508 e. The number of phenolic OH excluding ortho intramolecular Hbond substituents is 1. The van der Waals surface area contributed by atoms with Crippen molar-refractivity contribution in [1.29, 1.82) is 0 Å². The summed E-state index contributed by atoms with van der Waals surface area (Å²) in [6, 6.07) is 3.94. The number of Topliss-reactive ketones (excluding diaryl/α,β-unsaturated/α-hetero) is 1. The van der Waals surface area contributed by atoms with Crippen LogP contribution in [-0.2, 0) is 24.5 Å². The number of carbonyl (C=O) groups excluding carboxylic acids is 2. The van der Waals surface area contributed by atoms with Gasteiger partial charge in [-0.3, -0.25) is 9.59 Å². The number of fused-ring (bicyclic) bond motifs is 5. The number of benzene rings is 1. The third-order valence-electron chi connectivity index (χ3n) is 11.9. The highest BCUT2D eigenvalue weighted by Gasteiger charge is 2.81. The highest BCUT2D eigenvalue weighted by Crippen LogP contribution is 2.76. The maximum atomic E-state index is 14.3. The van der Waals surface area contributed by atoms with Gasteiger partial charge in [-0.15, -0.1) is 0 Å². The molecule has 2 aliphatic carbocycles. The summed E-state index contributed by atoms with van der Waals surface area (Å²) < 4.78 is 13.4. The second-order valence-corrected chi connectivity index (χ2v) is 13.9. The van der Waals surface area contributed by atoms with Crippen molar-refractivity contribution in [3.8, 4) is 5.75 Å². The van der Waals surface area contributed by atoms with Crippen LogP contribution in [0.15, 0.2) is 12.1 Å². The van der Waals surface area contributed by atoms with Crippen LogP contribution in [0, 0.1) is 29.6 Å². The lowest BCUT2D eigenvalue weighted by Gasteiger charge is -2.75. The molecule has 6 nitrogen and oxygen atoms in total. The van der Waals surface area contributed by atoms with E-state index < -0.39 is 28.2 Å². The fourth-order valence-corrected chi connectivity index (χ4v) is 10.5. The maximum Gasteiger partial charge on any atom is 0.308 e. The molecule has 194 valence electrons. The summed E-state index contributed by atoms with van der Waals surface area (Å²) in [5.41, 5.74) is 0.0164. The molecule has 6 heteroatoms. The number of rotatable bonds is 0. The van der Waals surface area contributed by atoms with Gasteiger partial charge in [0.25, 0.3) is 0 Å². The first-order valence-electron chi connectivity index (χ1n) is 13.9. The molecule has 1 spiro atoms. The Morgan fingerprint density at radius 2 is 1.86 bits per heavy atom. The third kappa shape index (κ3) is 2.34. The molecule has 4 saturated heterocycles. The molecule has 36 heavy (non-hydrogen) atoms. The largest absolute Gasteiger partial charge is 0.508 e. The number of esters is 1. The Hall–Kier alpha value is -1.92. The van der Waals surface area contributed by atoms with Gasteiger partial charge in [0.15, 0.2) is 5.72 Å². The molecular weight excluding hydrogens is 454 g/mol. The lowest BCUT2D eigenvalue weighted by molar-refractivity contribution is -0.366. The highest BCUT2D eigenvalue weighted by molar-refractivity contribution is 5.94. The van der Waals surface area contributed by atoms with E-state index in [1.165, 1.54) is 0 Å². The predicted octanol–water partition coefficient (Wildman–Crippen LogP) is 4.94. The lowest BCUT2D eigenvalue weighted by Crippen LogP contribution is -2.82. The minimum absolute atomic E-state index is 0.148. The van der Waals surface area contributed by atoms with Crippen LogP contribution in [0.4, 0.5) is 0 Å². The van der Waals surface area contributed by atoms with Gasteiger partial charge in [0.2, 0.25) is 0 Å². The van der Waals surface area contributed by atoms with Crippen molar-refractivity contribution >= 4 is 11.8 Å². The second kappa shape index (κ2) is 6.55. The molecule has 1 N–H and O–H groups in total. The Bertz CT molecular complexity index is 1230. The molecule has 0 amide bonds. The molecule has 4 heterocycles. The predicted molar refractivity (Wildman–Crippen MR) is 133 cm³/mol. The van der Waals surface area contributed by atoms with Crippen molar-refractivity contribution in [2.75, 3.05) is 6.54 Å². The van der Waals surface area contributed by atoms with Crippen molar-refractivity contribution in [2.24, 2.45) is 22.7 Å². The van der Waals surface area contributed by atoms with E-state index in [0.29, 0.717) is 12.3 Å². The van der Waals surface area contributed by atoms with E-state index in [2.05, 4.69) is 38.7 Å². The van der Waals surface area contributed by atoms with E-state index in [0.717, 1.165) is 48.9 Å². The van der Waals surface area contributed by atoms with E-state index in [-0.39, 0.29) is 41.4 Å². The maximum absolute atomic E-state index is 14.3. The summed E-state index contributed by atoms with van der Waals surface area (Å²) in [5.74, 6) is -0.00359. The van der Waals surface area contributed by atoms with Gasteiger partial charge >= 0.3 is 5.97 Å². The average Bonchev–Trinajstić information content (AvgIpc) is 3.04. The molecule has 1 aromatic rings. The number of aryl methyl sites for hydroxylation is 1. The van der Waals surface area contributed by atoms with Crippen LogP contribution in [-0.4, -0.2) is 45.9 Å². The molecule has 5 fully saturated rings. The molecule has 1 aromatic carbocycles. The summed E-state index contributed by atoms with van der Waals surface area (Å²) in [7, 11) is 0. The van der Waals surface area contributed by atoms with Gasteiger partial charge < -0.3 is 14.6 Å². The topological polar surface area (TPSA) is 76.1 Å². The van der Waals surface area contributed by atoms with Gasteiger partial charge in [0, 0.05) is 41.2 Å². The van der Waals surface area contributed by atoms with E-state index >= 15 is 0 Å². The van der Waals surface area contributed by atoms with Gasteiger partial charge in [0.05, 0.1) is 12.5 Å². The zero-order valence-electron chi connectivity index (χ0n) is 22.4. The van der Waals surface area contributed by atoms with Crippen LogP contribution in [0.1, 0.15) is 95.8 Å². The third-order valence-corrected chi connectivity index (χ3v) is 11.9. The smallest absolute Gasteiger partial charge is 0.308 e. The molecule has 1 unspecified atom stereocenters. The van der Waals surface area contributed by atoms with Gasteiger partial charge in [0.1, 0.15) is 17.3 Å². The first-order chi connectivity index (χ1) is 16.8. The number of hydrogen-bond acceptors (Lipinski definition) is 6. The van der Waals surface area contributed by atoms with Crippen molar-refractivity contribution in [2.45, 2.75) is 109 Å². The Balaban J connectivity index is 1.51. The quantitative estimate of drug-likeness (QED) is 0.516. The Morgan fingerprint density at radius 3 is 2.61 bits per heavy atom. The van der Waals surface area contributed by atoms with Gasteiger partial charge in [-0.25, -0.2) is 4.90 Å². The molecule has 9 atom stereocenters. The zero-order valence-corrected chi connectivity index (χ0v) is 22.4. The summed E-state index contributed by atoms with van der Waals surface area (Å²) in [6.07, 6.45) is 4.69. The normalized spacial score (nSPS) is 51.1. The summed E-state index contributed by atoms with van der Waals surface area (Å²) in [4.78, 5) is 30.3. The number of nitrogens with zero attached hydrogens (tertiary/aromatic N) is 1. The van der Waals surface area contributed by atoms with Crippen molar-refractivity contribution in [3.05, 3.63) is 28.8 Å². The molecule has 4 bridgehead atoms. The first kappa shape index (κ1) is 23.2. The fraction of sp³-hybridized carbons (Fsp3) is 0.733. The van der Waals surface area contributed by atoms with Crippen LogP contribution >= 0.6 is 0 Å². The lowest BCUT2D eigenvalue weighted by atomic mass is 9.35. The van der Waals surface area contributed by atoms with E-state index in [1.54, 1.807) is 6.07 Å². The number of phenols is 1. The Kier molecular flexibility index (Phi) is 4.23. The van der Waals surface area contributed by atoms with Crippen molar-refractivity contribution in [1.82, 2.24) is 4.90 Å². The highest BCUT2D eigenvalue weighted by atomic mass is 16.6. The molecule has 0 radical (unpaired) electrons. The summed E-state index contributed by atoms with van der Waals surface area (Å²) in [5, 5.41) is 11.1. The van der Waals surface area contributed by atoms with Gasteiger partial charge in [-0.2, -0.15) is 0 Å². The van der Waals surface area contributed by atoms with Gasteiger partial charge in [-0.1, -0.05) is 40.7 Å². The van der Waals surface area contributed by atoms with Gasteiger partial charge in [-0.05, 0) is 61.1 Å². The number of carbonyl (C=O) groups is 2. The van der Waals surface area contributed by atoms with Crippen LogP contribution in [0.2, 0.25) is 0 Å². The van der Waals surface area contributed by atoms with Crippen molar-refractivity contribution < 1.29 is 24.2 Å². The monoisotopic (exact) mass is 493 g/mol. The SMILES string of the molecule is Cc1cc(O)c2c(c1)[C@]1(C)C[C@@]34OC(=O)C[C@@](C)([C@H]1C(=O)[C@@H]2C)[C@]3(C)CCC12C[C@@H](C)C[C@H](CN14)O2. The fourth-order valence-electron chi connectivity index (χ4n) is 10.5. The van der Waals surface area contributed by atoms with Crippen LogP contribution < -0.4 is 0 Å². The molecule has 0 aromatic heterocycles. The molecular formula is C30H39NO5. The van der Waals surface area contributed by atoms with Crippen LogP contribution in [0.25, 0.3) is 0 Å². The van der Waals surface area contributed by atoms with Crippen LogP contribution in [0.5, 0.6) is 5.75 Å². The number of ketones is 1. The van der Waals surface area contributed by atoms with E-state index in [1.807, 2.05) is 13.8 Å². The Labute approximate surface area is 213 Å². The molecule has 6 aliphatic rings. The standard InChI is InChI=1S/C30H39NO5/c1-16-10-20-23(21(32)11-16)18(3)24(34)25-26(20,4)15-30-28(6,27(25,5)13-22(33)36-30)7-8-29-12-17(2)9-19(35-29)14-31(29)30/h10-11,17-19,25,32H,7-9,12-15H2,1-6H3/t17-,18+,19+,25-,26-,27-,28-,29?,30+/m0/s1. The van der Waals surface area contributed by atoms with E-state index in [9.17, 15) is 14.7 Å². The number of piperidine rings is 1. The van der Waals surface area contributed by atoms with Crippen molar-refractivity contribution in [3.63, 3.8) is 0 Å². The minimum atomic E-state index is -0.850. The molecule has 4 aliphatic heterocycles. The van der Waals surface area contributed by atoms with Crippen LogP contribution in [0.3, 0.4) is 0 Å². The summed E-state index contributed by atoms with van der Waals surface area (Å²) >= 11 is 0. The average molecular weight is 494 g/mol. The first-order valence-corrected chi connectivity index (χ1v) is 13.9. The molecule has 1 saturated carbocycles. The number of aromatic hydroxyl groups is 1. The zero-order chi connectivity index (χ0) is 25.6. The number of ether oxygens (including phenoxy) is 2. The van der Waals surface area contributed by atoms with E-state index in [4.69, 9.17) is 9.47 Å². The second-order valence-electron chi connectivity index (χ2n) is 13.9.